The van der Waals surface area contributed by atoms with E-state index >= 15 is 0 Å². The van der Waals surface area contributed by atoms with Crippen LogP contribution in [0.4, 0.5) is 0 Å². The topological polar surface area (TPSA) is 72.9 Å². The lowest BCUT2D eigenvalue weighted by Gasteiger charge is -2.27. The zero-order chi connectivity index (χ0) is 14.3. The summed E-state index contributed by atoms with van der Waals surface area (Å²) in [4.78, 5) is 11.5. The number of aromatic nitrogens is 2. The molecule has 0 aliphatic rings. The fourth-order valence-electron chi connectivity index (χ4n) is 1.91. The third-order valence-corrected chi connectivity index (χ3v) is 3.78. The molecule has 1 atom stereocenters. The largest absolute Gasteiger partial charge is 0.368 e. The van der Waals surface area contributed by atoms with Gasteiger partial charge < -0.3 is 11.1 Å². The molecular weight excluding hydrogens is 355 g/mol. The van der Waals surface area contributed by atoms with Gasteiger partial charge in [0.1, 0.15) is 0 Å². The van der Waals surface area contributed by atoms with Crippen LogP contribution in [-0.4, -0.2) is 27.8 Å². The van der Waals surface area contributed by atoms with Gasteiger partial charge in [-0.1, -0.05) is 6.92 Å². The summed E-state index contributed by atoms with van der Waals surface area (Å²) in [5.74, 6) is -0.269. The summed E-state index contributed by atoms with van der Waals surface area (Å²) >= 11 is 2.24. The number of hydrogen-bond acceptors (Lipinski definition) is 3. The first kappa shape index (κ1) is 16.4. The summed E-state index contributed by atoms with van der Waals surface area (Å²) in [5, 5.41) is 7.49. The van der Waals surface area contributed by atoms with Crippen LogP contribution in [0, 0.1) is 3.57 Å². The molecule has 0 fully saturated rings. The average molecular weight is 378 g/mol. The van der Waals surface area contributed by atoms with E-state index in [-0.39, 0.29) is 5.91 Å². The molecule has 1 unspecified atom stereocenters. The lowest BCUT2D eigenvalue weighted by atomic mass is 9.94. The maximum atomic E-state index is 11.5. The Morgan fingerprint density at radius 2 is 2.32 bits per heavy atom. The van der Waals surface area contributed by atoms with Crippen molar-refractivity contribution in [3.8, 4) is 0 Å². The monoisotopic (exact) mass is 378 g/mol. The highest BCUT2D eigenvalue weighted by molar-refractivity contribution is 14.1. The van der Waals surface area contributed by atoms with E-state index in [0.717, 1.165) is 42.3 Å². The Hall–Kier alpha value is -0.630. The molecule has 0 aliphatic heterocycles. The summed E-state index contributed by atoms with van der Waals surface area (Å²) in [6.07, 6.45) is 7.57. The Balaban J connectivity index is 2.34. The number of rotatable bonds is 9. The number of carbonyl (C=O) groups is 1. The van der Waals surface area contributed by atoms with Crippen molar-refractivity contribution in [2.45, 2.75) is 51.6 Å². The standard InChI is InChI=1S/C13H23IN4O/c1-3-7-16-13(2,12(15)19)6-4-5-8-18-10-11(14)9-17-18/h9-10,16H,3-8H2,1-2H3,(H2,15,19). The van der Waals surface area contributed by atoms with E-state index in [1.54, 1.807) is 0 Å². The number of amides is 1. The first-order valence-corrected chi connectivity index (χ1v) is 7.78. The number of hydrogen-bond donors (Lipinski definition) is 2. The smallest absolute Gasteiger partial charge is 0.237 e. The third-order valence-electron chi connectivity index (χ3n) is 3.22. The normalized spacial score (nSPS) is 14.3. The molecule has 1 aromatic heterocycles. The van der Waals surface area contributed by atoms with Crippen molar-refractivity contribution in [3.63, 3.8) is 0 Å². The Bertz CT molecular complexity index is 407. The number of aryl methyl sites for hydroxylation is 1. The second-order valence-electron chi connectivity index (χ2n) is 5.00. The minimum Gasteiger partial charge on any atom is -0.368 e. The van der Waals surface area contributed by atoms with Crippen molar-refractivity contribution >= 4 is 28.5 Å². The molecule has 6 heteroatoms. The molecule has 1 heterocycles. The highest BCUT2D eigenvalue weighted by Gasteiger charge is 2.29. The molecule has 1 rings (SSSR count). The van der Waals surface area contributed by atoms with Crippen LogP contribution in [0.3, 0.4) is 0 Å². The number of nitrogens with two attached hydrogens (primary N) is 1. The van der Waals surface area contributed by atoms with Crippen LogP contribution in [0.2, 0.25) is 0 Å². The summed E-state index contributed by atoms with van der Waals surface area (Å²) in [5.41, 5.74) is 4.90. The molecule has 1 aromatic rings. The zero-order valence-electron chi connectivity index (χ0n) is 11.7. The first-order chi connectivity index (χ1) is 8.98. The molecule has 0 saturated carbocycles. The Morgan fingerprint density at radius 3 is 2.84 bits per heavy atom. The average Bonchev–Trinajstić information content (AvgIpc) is 2.78. The van der Waals surface area contributed by atoms with Gasteiger partial charge in [-0.15, -0.1) is 0 Å². The molecule has 0 bridgehead atoms. The van der Waals surface area contributed by atoms with Gasteiger partial charge in [0, 0.05) is 12.7 Å². The maximum Gasteiger partial charge on any atom is 0.237 e. The number of carbonyl (C=O) groups excluding carboxylic acids is 1. The van der Waals surface area contributed by atoms with Crippen LogP contribution in [-0.2, 0) is 11.3 Å². The summed E-state index contributed by atoms with van der Waals surface area (Å²) < 4.78 is 3.08. The van der Waals surface area contributed by atoms with E-state index < -0.39 is 5.54 Å². The minimum atomic E-state index is -0.589. The van der Waals surface area contributed by atoms with Crippen molar-refractivity contribution in [3.05, 3.63) is 16.0 Å². The SMILES string of the molecule is CCCNC(C)(CCCCn1cc(I)cn1)C(N)=O. The number of nitrogens with one attached hydrogen (secondary N) is 1. The predicted molar refractivity (Wildman–Crippen MR) is 84.7 cm³/mol. The van der Waals surface area contributed by atoms with Crippen LogP contribution < -0.4 is 11.1 Å². The van der Waals surface area contributed by atoms with E-state index in [0.29, 0.717) is 0 Å². The van der Waals surface area contributed by atoms with E-state index in [1.807, 2.05) is 24.0 Å². The number of primary amides is 1. The van der Waals surface area contributed by atoms with Gasteiger partial charge in [-0.25, -0.2) is 0 Å². The van der Waals surface area contributed by atoms with Crippen LogP contribution >= 0.6 is 22.6 Å². The van der Waals surface area contributed by atoms with Crippen LogP contribution in [0.25, 0.3) is 0 Å². The molecular formula is C13H23IN4O. The highest BCUT2D eigenvalue weighted by atomic mass is 127. The van der Waals surface area contributed by atoms with Gasteiger partial charge in [-0.2, -0.15) is 5.10 Å². The maximum absolute atomic E-state index is 11.5. The molecule has 0 saturated heterocycles. The minimum absolute atomic E-state index is 0.269. The van der Waals surface area contributed by atoms with Gasteiger partial charge in [0.05, 0.1) is 15.3 Å². The Kier molecular flexibility index (Phi) is 6.78. The van der Waals surface area contributed by atoms with Gasteiger partial charge >= 0.3 is 0 Å². The van der Waals surface area contributed by atoms with Gasteiger partial charge in [0.15, 0.2) is 0 Å². The molecule has 0 aliphatic carbocycles. The summed E-state index contributed by atoms with van der Waals surface area (Å²) in [6, 6.07) is 0. The van der Waals surface area contributed by atoms with E-state index in [2.05, 4.69) is 39.9 Å². The van der Waals surface area contributed by atoms with Crippen molar-refractivity contribution in [1.82, 2.24) is 15.1 Å². The molecule has 0 aromatic carbocycles. The van der Waals surface area contributed by atoms with Crippen LogP contribution in [0.1, 0.15) is 39.5 Å². The number of halogens is 1. The van der Waals surface area contributed by atoms with Crippen LogP contribution in [0.5, 0.6) is 0 Å². The van der Waals surface area contributed by atoms with E-state index in [9.17, 15) is 4.79 Å². The second kappa shape index (κ2) is 7.84. The van der Waals surface area contributed by atoms with E-state index in [1.165, 1.54) is 0 Å². The van der Waals surface area contributed by atoms with Gasteiger partial charge in [-0.3, -0.25) is 9.48 Å². The first-order valence-electron chi connectivity index (χ1n) is 6.71. The van der Waals surface area contributed by atoms with E-state index in [4.69, 9.17) is 5.73 Å². The fourth-order valence-corrected chi connectivity index (χ4v) is 2.36. The Labute approximate surface area is 128 Å². The second-order valence-corrected chi connectivity index (χ2v) is 6.25. The van der Waals surface area contributed by atoms with Crippen LogP contribution in [0.15, 0.2) is 12.4 Å². The van der Waals surface area contributed by atoms with Gasteiger partial charge in [0.25, 0.3) is 0 Å². The van der Waals surface area contributed by atoms with Crippen molar-refractivity contribution in [1.29, 1.82) is 0 Å². The molecule has 108 valence electrons. The summed E-state index contributed by atoms with van der Waals surface area (Å²) in [7, 11) is 0. The quantitative estimate of drug-likeness (QED) is 0.509. The van der Waals surface area contributed by atoms with Gasteiger partial charge in [-0.05, 0) is 61.7 Å². The molecule has 19 heavy (non-hydrogen) atoms. The van der Waals surface area contributed by atoms with Crippen molar-refractivity contribution in [2.75, 3.05) is 6.54 Å². The number of unbranched alkanes of at least 4 members (excludes halogenated alkanes) is 1. The molecule has 1 amide bonds. The molecule has 5 nitrogen and oxygen atoms in total. The van der Waals surface area contributed by atoms with Crippen molar-refractivity contribution in [2.24, 2.45) is 5.73 Å². The zero-order valence-corrected chi connectivity index (χ0v) is 13.8. The van der Waals surface area contributed by atoms with Crippen molar-refractivity contribution < 1.29 is 4.79 Å². The molecule has 0 radical (unpaired) electrons. The molecule has 0 spiro atoms. The molecule has 3 N–H and O–H groups in total. The van der Waals surface area contributed by atoms with Gasteiger partial charge in [0.2, 0.25) is 5.91 Å². The third kappa shape index (κ3) is 5.48. The highest BCUT2D eigenvalue weighted by Crippen LogP contribution is 2.14. The summed E-state index contributed by atoms with van der Waals surface area (Å²) in [6.45, 7) is 5.66. The Morgan fingerprint density at radius 1 is 1.58 bits per heavy atom. The predicted octanol–water partition coefficient (Wildman–Crippen LogP) is 1.90. The fraction of sp³-hybridized carbons (Fsp3) is 0.692. The lowest BCUT2D eigenvalue weighted by Crippen LogP contribution is -2.53. The lowest BCUT2D eigenvalue weighted by molar-refractivity contribution is -0.124. The number of nitrogens with zero attached hydrogens (tertiary/aromatic N) is 2.